The van der Waals surface area contributed by atoms with Crippen LogP contribution in [0.5, 0.6) is 0 Å². The average Bonchev–Trinajstić information content (AvgIpc) is 3.30. The summed E-state index contributed by atoms with van der Waals surface area (Å²) in [5.74, 6) is -0.797. The van der Waals surface area contributed by atoms with Gasteiger partial charge in [-0.25, -0.2) is 8.78 Å². The van der Waals surface area contributed by atoms with Crippen LogP contribution >= 0.6 is 11.3 Å². The van der Waals surface area contributed by atoms with E-state index in [1.165, 1.54) is 22.3 Å². The van der Waals surface area contributed by atoms with Gasteiger partial charge in [0.1, 0.15) is 11.6 Å². The maximum Gasteiger partial charge on any atom is 0.248 e. The van der Waals surface area contributed by atoms with Crippen molar-refractivity contribution >= 4 is 22.9 Å². The van der Waals surface area contributed by atoms with Crippen molar-refractivity contribution in [1.82, 2.24) is 10.2 Å². The number of nitrogens with zero attached hydrogens (tertiary/aromatic N) is 3. The summed E-state index contributed by atoms with van der Waals surface area (Å²) in [6.45, 7) is 0.415. The Morgan fingerprint density at radius 1 is 1.31 bits per heavy atom. The fraction of sp³-hybridized carbons (Fsp3) is 0.278. The van der Waals surface area contributed by atoms with Gasteiger partial charge in [0.05, 0.1) is 5.69 Å². The van der Waals surface area contributed by atoms with Crippen LogP contribution in [-0.2, 0) is 17.6 Å². The standard InChI is InChI=1S/C18H15F2N3O2S/c19-13-8-11-2-1-6-23(17(11)14(20)9-13)16(24)4-3-15-21-22-18(25-15)12-5-7-26-10-12/h5,7-10H,1-4,6H2. The predicted octanol–water partition coefficient (Wildman–Crippen LogP) is 3.99. The normalized spacial score (nSPS) is 13.7. The molecule has 0 N–H and O–H groups in total. The maximum absolute atomic E-state index is 14.2. The fourth-order valence-corrected chi connectivity index (χ4v) is 3.74. The summed E-state index contributed by atoms with van der Waals surface area (Å²) >= 11 is 1.53. The Balaban J connectivity index is 1.47. The zero-order valence-corrected chi connectivity index (χ0v) is 14.6. The third kappa shape index (κ3) is 3.24. The summed E-state index contributed by atoms with van der Waals surface area (Å²) in [6, 6.07) is 3.98. The van der Waals surface area contributed by atoms with Crippen LogP contribution in [0.3, 0.4) is 0 Å². The molecule has 26 heavy (non-hydrogen) atoms. The number of benzene rings is 1. The maximum atomic E-state index is 14.2. The van der Waals surface area contributed by atoms with Crippen LogP contribution in [0, 0.1) is 11.6 Å². The van der Waals surface area contributed by atoms with Gasteiger partial charge in [-0.1, -0.05) is 0 Å². The van der Waals surface area contributed by atoms with Crippen molar-refractivity contribution in [2.45, 2.75) is 25.7 Å². The molecule has 1 amide bonds. The lowest BCUT2D eigenvalue weighted by atomic mass is 10.0. The third-order valence-electron chi connectivity index (χ3n) is 4.29. The minimum atomic E-state index is -0.703. The van der Waals surface area contributed by atoms with Crippen molar-refractivity contribution in [2.75, 3.05) is 11.4 Å². The lowest BCUT2D eigenvalue weighted by molar-refractivity contribution is -0.118. The zero-order valence-electron chi connectivity index (χ0n) is 13.7. The first-order valence-electron chi connectivity index (χ1n) is 8.25. The molecule has 8 heteroatoms. The van der Waals surface area contributed by atoms with Gasteiger partial charge in [-0.15, -0.1) is 10.2 Å². The number of amides is 1. The molecule has 1 aliphatic heterocycles. The Morgan fingerprint density at radius 3 is 3.00 bits per heavy atom. The molecule has 2 aromatic heterocycles. The van der Waals surface area contributed by atoms with Crippen LogP contribution in [0.25, 0.3) is 11.5 Å². The smallest absolute Gasteiger partial charge is 0.248 e. The van der Waals surface area contributed by atoms with E-state index in [0.717, 1.165) is 11.6 Å². The van der Waals surface area contributed by atoms with Crippen LogP contribution in [-0.4, -0.2) is 22.6 Å². The molecule has 3 aromatic rings. The van der Waals surface area contributed by atoms with Crippen molar-refractivity contribution in [2.24, 2.45) is 0 Å². The number of halogens is 2. The molecule has 0 saturated heterocycles. The minimum absolute atomic E-state index is 0.113. The van der Waals surface area contributed by atoms with Gasteiger partial charge in [0.2, 0.25) is 17.7 Å². The van der Waals surface area contributed by atoms with E-state index < -0.39 is 11.6 Å². The molecule has 3 heterocycles. The molecule has 0 spiro atoms. The van der Waals surface area contributed by atoms with E-state index >= 15 is 0 Å². The van der Waals surface area contributed by atoms with Gasteiger partial charge in [-0.2, -0.15) is 11.3 Å². The molecule has 0 radical (unpaired) electrons. The number of aryl methyl sites for hydroxylation is 2. The molecular weight excluding hydrogens is 360 g/mol. The highest BCUT2D eigenvalue weighted by Gasteiger charge is 2.26. The minimum Gasteiger partial charge on any atom is -0.421 e. The van der Waals surface area contributed by atoms with E-state index in [2.05, 4.69) is 10.2 Å². The lowest BCUT2D eigenvalue weighted by Gasteiger charge is -2.29. The average molecular weight is 375 g/mol. The second-order valence-corrected chi connectivity index (χ2v) is 6.84. The highest BCUT2D eigenvalue weighted by Crippen LogP contribution is 2.31. The van der Waals surface area contributed by atoms with Crippen molar-refractivity contribution < 1.29 is 18.0 Å². The Morgan fingerprint density at radius 2 is 2.19 bits per heavy atom. The van der Waals surface area contributed by atoms with Crippen LogP contribution in [0.15, 0.2) is 33.4 Å². The first-order chi connectivity index (χ1) is 12.6. The van der Waals surface area contributed by atoms with E-state index in [4.69, 9.17) is 4.42 Å². The number of carbonyl (C=O) groups is 1. The van der Waals surface area contributed by atoms with Crippen LogP contribution in [0.4, 0.5) is 14.5 Å². The summed E-state index contributed by atoms with van der Waals surface area (Å²) in [7, 11) is 0. The van der Waals surface area contributed by atoms with Gasteiger partial charge in [-0.05, 0) is 35.9 Å². The Bertz CT molecular complexity index is 940. The van der Waals surface area contributed by atoms with Crippen molar-refractivity contribution in [3.63, 3.8) is 0 Å². The quantitative estimate of drug-likeness (QED) is 0.692. The monoisotopic (exact) mass is 375 g/mol. The number of rotatable bonds is 4. The largest absolute Gasteiger partial charge is 0.421 e. The molecular formula is C18H15F2N3O2S. The summed E-state index contributed by atoms with van der Waals surface area (Å²) < 4.78 is 33.2. The van der Waals surface area contributed by atoms with E-state index in [0.29, 0.717) is 36.7 Å². The van der Waals surface area contributed by atoms with E-state index in [1.807, 2.05) is 16.8 Å². The van der Waals surface area contributed by atoms with Gasteiger partial charge in [0, 0.05) is 36.4 Å². The predicted molar refractivity (Wildman–Crippen MR) is 93.0 cm³/mol. The summed E-state index contributed by atoms with van der Waals surface area (Å²) in [5, 5.41) is 11.7. The molecule has 0 fully saturated rings. The van der Waals surface area contributed by atoms with Crippen molar-refractivity contribution in [1.29, 1.82) is 0 Å². The lowest BCUT2D eigenvalue weighted by Crippen LogP contribution is -2.36. The first kappa shape index (κ1) is 16.8. The van der Waals surface area contributed by atoms with E-state index in [1.54, 1.807) is 0 Å². The zero-order chi connectivity index (χ0) is 18.1. The Labute approximate surface area is 152 Å². The third-order valence-corrected chi connectivity index (χ3v) is 4.98. The van der Waals surface area contributed by atoms with Crippen LogP contribution in [0.2, 0.25) is 0 Å². The highest BCUT2D eigenvalue weighted by atomic mass is 32.1. The molecule has 0 bridgehead atoms. The molecule has 0 atom stereocenters. The topological polar surface area (TPSA) is 59.2 Å². The van der Waals surface area contributed by atoms with E-state index in [9.17, 15) is 13.6 Å². The number of hydrogen-bond donors (Lipinski definition) is 0. The second kappa shape index (κ2) is 6.95. The van der Waals surface area contributed by atoms with Gasteiger partial charge in [-0.3, -0.25) is 4.79 Å². The van der Waals surface area contributed by atoms with Gasteiger partial charge < -0.3 is 9.32 Å². The first-order valence-corrected chi connectivity index (χ1v) is 9.19. The molecule has 1 aromatic carbocycles. The number of anilines is 1. The fourth-order valence-electron chi connectivity index (χ4n) is 3.11. The molecule has 134 valence electrons. The van der Waals surface area contributed by atoms with Crippen molar-refractivity contribution in [3.8, 4) is 11.5 Å². The molecule has 4 rings (SSSR count). The van der Waals surface area contributed by atoms with Gasteiger partial charge >= 0.3 is 0 Å². The molecule has 1 aliphatic rings. The highest BCUT2D eigenvalue weighted by molar-refractivity contribution is 7.08. The number of aromatic nitrogens is 2. The van der Waals surface area contributed by atoms with Crippen molar-refractivity contribution in [3.05, 3.63) is 52.0 Å². The molecule has 0 aliphatic carbocycles. The van der Waals surface area contributed by atoms with Gasteiger partial charge in [0.25, 0.3) is 0 Å². The SMILES string of the molecule is O=C(CCc1nnc(-c2ccsc2)o1)N1CCCc2cc(F)cc(F)c21. The Kier molecular flexibility index (Phi) is 4.50. The summed E-state index contributed by atoms with van der Waals surface area (Å²) in [6.07, 6.45) is 1.61. The second-order valence-electron chi connectivity index (χ2n) is 6.06. The van der Waals surface area contributed by atoms with E-state index in [-0.39, 0.29) is 24.4 Å². The van der Waals surface area contributed by atoms with Gasteiger partial charge in [0.15, 0.2) is 0 Å². The summed E-state index contributed by atoms with van der Waals surface area (Å²) in [5.41, 5.74) is 1.56. The van der Waals surface area contributed by atoms with Crippen LogP contribution in [0.1, 0.15) is 24.3 Å². The molecule has 0 saturated carbocycles. The number of thiophene rings is 1. The Hall–Kier alpha value is -2.61. The summed E-state index contributed by atoms with van der Waals surface area (Å²) in [4.78, 5) is 14.0. The molecule has 5 nitrogen and oxygen atoms in total. The molecule has 0 unspecified atom stereocenters. The number of hydrogen-bond acceptors (Lipinski definition) is 5. The number of fused-ring (bicyclic) bond motifs is 1. The number of carbonyl (C=O) groups excluding carboxylic acids is 1. The van der Waals surface area contributed by atoms with Crippen LogP contribution < -0.4 is 4.90 Å².